The Morgan fingerprint density at radius 2 is 1.60 bits per heavy atom. The van der Waals surface area contributed by atoms with E-state index in [-0.39, 0.29) is 5.91 Å². The Kier molecular flexibility index (Phi) is 6.80. The summed E-state index contributed by atoms with van der Waals surface area (Å²) in [6.07, 6.45) is 9.62. The van der Waals surface area contributed by atoms with Crippen molar-refractivity contribution >= 4 is 5.91 Å². The molecule has 2 rings (SSSR count). The number of aliphatic hydroxyl groups excluding tert-OH is 1. The maximum atomic E-state index is 12.0. The molecule has 0 aromatic heterocycles. The summed E-state index contributed by atoms with van der Waals surface area (Å²) in [4.78, 5) is 14.3. The molecule has 0 bridgehead atoms. The first kappa shape index (κ1) is 15.8. The highest BCUT2D eigenvalue weighted by atomic mass is 16.3. The fraction of sp³-hybridized carbons (Fsp3) is 0.938. The van der Waals surface area contributed by atoms with Crippen LogP contribution in [0, 0.1) is 11.8 Å². The van der Waals surface area contributed by atoms with Gasteiger partial charge in [0.15, 0.2) is 0 Å². The number of hydrogen-bond acceptors (Lipinski definition) is 3. The van der Waals surface area contributed by atoms with Gasteiger partial charge in [0.25, 0.3) is 0 Å². The monoisotopic (exact) mass is 282 g/mol. The van der Waals surface area contributed by atoms with Crippen molar-refractivity contribution in [1.82, 2.24) is 10.2 Å². The molecule has 1 aliphatic carbocycles. The fourth-order valence-corrected chi connectivity index (χ4v) is 3.43. The van der Waals surface area contributed by atoms with E-state index >= 15 is 0 Å². The highest BCUT2D eigenvalue weighted by Crippen LogP contribution is 2.27. The second kappa shape index (κ2) is 8.63. The normalized spacial score (nSPS) is 28.9. The minimum atomic E-state index is 0.191. The number of carbonyl (C=O) groups is 1. The van der Waals surface area contributed by atoms with Gasteiger partial charge in [0.1, 0.15) is 0 Å². The van der Waals surface area contributed by atoms with Crippen LogP contribution in [0.15, 0.2) is 0 Å². The van der Waals surface area contributed by atoms with Crippen LogP contribution in [0.4, 0.5) is 0 Å². The molecule has 2 fully saturated rings. The Bertz CT molecular complexity index is 280. The molecule has 20 heavy (non-hydrogen) atoms. The molecule has 1 amide bonds. The quantitative estimate of drug-likeness (QED) is 0.808. The zero-order valence-corrected chi connectivity index (χ0v) is 12.6. The molecular weight excluding hydrogens is 252 g/mol. The van der Waals surface area contributed by atoms with E-state index in [0.29, 0.717) is 25.0 Å². The third-order valence-electron chi connectivity index (χ3n) is 4.88. The van der Waals surface area contributed by atoms with Crippen LogP contribution in [0.3, 0.4) is 0 Å². The fourth-order valence-electron chi connectivity index (χ4n) is 3.43. The number of nitrogens with one attached hydrogen (secondary N) is 1. The largest absolute Gasteiger partial charge is 0.396 e. The molecule has 1 saturated heterocycles. The van der Waals surface area contributed by atoms with E-state index in [1.165, 1.54) is 25.7 Å². The van der Waals surface area contributed by atoms with Crippen molar-refractivity contribution in [2.75, 3.05) is 32.8 Å². The van der Waals surface area contributed by atoms with Crippen LogP contribution >= 0.6 is 0 Å². The molecule has 0 unspecified atom stereocenters. The smallest absolute Gasteiger partial charge is 0.234 e. The van der Waals surface area contributed by atoms with Gasteiger partial charge in [0, 0.05) is 13.2 Å². The van der Waals surface area contributed by atoms with Crippen molar-refractivity contribution in [3.63, 3.8) is 0 Å². The van der Waals surface area contributed by atoms with Crippen molar-refractivity contribution in [2.24, 2.45) is 11.8 Å². The van der Waals surface area contributed by atoms with Crippen molar-refractivity contribution in [3.8, 4) is 0 Å². The maximum Gasteiger partial charge on any atom is 0.234 e. The van der Waals surface area contributed by atoms with Crippen LogP contribution in [0.2, 0.25) is 0 Å². The molecule has 0 radical (unpaired) electrons. The average Bonchev–Trinajstić information content (AvgIpc) is 2.74. The van der Waals surface area contributed by atoms with Gasteiger partial charge in [0.05, 0.1) is 6.54 Å². The van der Waals surface area contributed by atoms with Crippen molar-refractivity contribution in [1.29, 1.82) is 0 Å². The standard InChI is InChI=1S/C16H30N2O2/c19-13-15-7-5-14(6-8-15)11-17-16(20)12-18-9-3-1-2-4-10-18/h14-15,19H,1-13H2,(H,17,20). The number of nitrogens with zero attached hydrogens (tertiary/aromatic N) is 1. The summed E-state index contributed by atoms with van der Waals surface area (Å²) in [7, 11) is 0. The van der Waals surface area contributed by atoms with Crippen LogP contribution in [0.1, 0.15) is 51.4 Å². The molecule has 1 saturated carbocycles. The minimum Gasteiger partial charge on any atom is -0.396 e. The summed E-state index contributed by atoms with van der Waals surface area (Å²) < 4.78 is 0. The van der Waals surface area contributed by atoms with Gasteiger partial charge in [-0.05, 0) is 63.5 Å². The molecular formula is C16H30N2O2. The predicted octanol–water partition coefficient (Wildman–Crippen LogP) is 1.78. The summed E-state index contributed by atoms with van der Waals surface area (Å²) in [6.45, 7) is 3.88. The van der Waals surface area contributed by atoms with Crippen LogP contribution in [0.25, 0.3) is 0 Å². The molecule has 2 N–H and O–H groups in total. The Balaban J connectivity index is 1.60. The van der Waals surface area contributed by atoms with Gasteiger partial charge in [-0.2, -0.15) is 0 Å². The Morgan fingerprint density at radius 1 is 1.00 bits per heavy atom. The number of rotatable bonds is 5. The minimum absolute atomic E-state index is 0.191. The molecule has 0 atom stereocenters. The molecule has 4 nitrogen and oxygen atoms in total. The van der Waals surface area contributed by atoms with Gasteiger partial charge in [0.2, 0.25) is 5.91 Å². The highest BCUT2D eigenvalue weighted by molar-refractivity contribution is 5.78. The van der Waals surface area contributed by atoms with E-state index in [1.54, 1.807) is 0 Å². The second-order valence-electron chi connectivity index (χ2n) is 6.56. The molecule has 116 valence electrons. The first-order valence-corrected chi connectivity index (χ1v) is 8.38. The van der Waals surface area contributed by atoms with E-state index in [4.69, 9.17) is 5.11 Å². The van der Waals surface area contributed by atoms with Gasteiger partial charge in [-0.25, -0.2) is 0 Å². The topological polar surface area (TPSA) is 52.6 Å². The zero-order valence-electron chi connectivity index (χ0n) is 12.6. The molecule has 4 heteroatoms. The third-order valence-corrected chi connectivity index (χ3v) is 4.88. The van der Waals surface area contributed by atoms with Gasteiger partial charge >= 0.3 is 0 Å². The van der Waals surface area contributed by atoms with E-state index in [2.05, 4.69) is 10.2 Å². The third kappa shape index (κ3) is 5.41. The summed E-state index contributed by atoms with van der Waals surface area (Å²) >= 11 is 0. The Hall–Kier alpha value is -0.610. The second-order valence-corrected chi connectivity index (χ2v) is 6.56. The predicted molar refractivity (Wildman–Crippen MR) is 80.5 cm³/mol. The lowest BCUT2D eigenvalue weighted by Gasteiger charge is -2.27. The van der Waals surface area contributed by atoms with E-state index in [0.717, 1.165) is 45.3 Å². The molecule has 0 aromatic rings. The van der Waals surface area contributed by atoms with Crippen LogP contribution < -0.4 is 5.32 Å². The number of amides is 1. The number of carbonyl (C=O) groups excluding carboxylic acids is 1. The van der Waals surface area contributed by atoms with E-state index in [1.807, 2.05) is 0 Å². The van der Waals surface area contributed by atoms with Crippen LogP contribution in [-0.2, 0) is 4.79 Å². The number of hydrogen-bond donors (Lipinski definition) is 2. The summed E-state index contributed by atoms with van der Waals surface area (Å²) in [6, 6.07) is 0. The summed E-state index contributed by atoms with van der Waals surface area (Å²) in [5, 5.41) is 12.2. The number of likely N-dealkylation sites (tertiary alicyclic amines) is 1. The first-order chi connectivity index (χ1) is 9.78. The molecule has 0 spiro atoms. The SMILES string of the molecule is O=C(CN1CCCCCC1)NCC1CCC(CO)CC1. The lowest BCUT2D eigenvalue weighted by Crippen LogP contribution is -2.40. The Morgan fingerprint density at radius 3 is 2.20 bits per heavy atom. The van der Waals surface area contributed by atoms with Crippen LogP contribution in [-0.4, -0.2) is 48.7 Å². The first-order valence-electron chi connectivity index (χ1n) is 8.38. The van der Waals surface area contributed by atoms with Crippen molar-refractivity contribution in [3.05, 3.63) is 0 Å². The van der Waals surface area contributed by atoms with Gasteiger partial charge in [-0.3, -0.25) is 9.69 Å². The van der Waals surface area contributed by atoms with Gasteiger partial charge in [-0.1, -0.05) is 12.8 Å². The van der Waals surface area contributed by atoms with Gasteiger partial charge < -0.3 is 10.4 Å². The summed E-state index contributed by atoms with van der Waals surface area (Å²) in [5.74, 6) is 1.31. The number of aliphatic hydroxyl groups is 1. The Labute approximate surface area is 122 Å². The molecule has 1 heterocycles. The molecule has 2 aliphatic rings. The van der Waals surface area contributed by atoms with E-state index in [9.17, 15) is 4.79 Å². The molecule has 0 aromatic carbocycles. The highest BCUT2D eigenvalue weighted by Gasteiger charge is 2.21. The zero-order chi connectivity index (χ0) is 14.2. The van der Waals surface area contributed by atoms with E-state index < -0.39 is 0 Å². The van der Waals surface area contributed by atoms with Crippen molar-refractivity contribution < 1.29 is 9.90 Å². The van der Waals surface area contributed by atoms with Crippen molar-refractivity contribution in [2.45, 2.75) is 51.4 Å². The molecule has 1 aliphatic heterocycles. The van der Waals surface area contributed by atoms with Gasteiger partial charge in [-0.15, -0.1) is 0 Å². The lowest BCUT2D eigenvalue weighted by molar-refractivity contribution is -0.122. The maximum absolute atomic E-state index is 12.0. The average molecular weight is 282 g/mol. The lowest BCUT2D eigenvalue weighted by atomic mass is 9.82. The van der Waals surface area contributed by atoms with Crippen LogP contribution in [0.5, 0.6) is 0 Å². The summed E-state index contributed by atoms with van der Waals surface area (Å²) in [5.41, 5.74) is 0.